The summed E-state index contributed by atoms with van der Waals surface area (Å²) in [5.41, 5.74) is -1.22. The molecule has 0 aliphatic heterocycles. The number of phenols is 2. The van der Waals surface area contributed by atoms with Gasteiger partial charge in [-0.1, -0.05) is 27.7 Å². The van der Waals surface area contributed by atoms with Crippen molar-refractivity contribution in [1.82, 2.24) is 0 Å². The van der Waals surface area contributed by atoms with Crippen LogP contribution in [0.4, 0.5) is 0 Å². The lowest BCUT2D eigenvalue weighted by Gasteiger charge is -2.71. The van der Waals surface area contributed by atoms with Crippen molar-refractivity contribution < 1.29 is 34.4 Å². The van der Waals surface area contributed by atoms with Crippen LogP contribution in [0.1, 0.15) is 112 Å². The van der Waals surface area contributed by atoms with Gasteiger partial charge in [0.15, 0.2) is 17.3 Å². The maximum atomic E-state index is 13.7. The Balaban J connectivity index is 1.64. The number of esters is 1. The number of carboxylic acid groups (broad SMARTS) is 1. The van der Waals surface area contributed by atoms with E-state index in [9.17, 15) is 29.7 Å². The van der Waals surface area contributed by atoms with Crippen molar-refractivity contribution in [2.45, 2.75) is 91.4 Å². The summed E-state index contributed by atoms with van der Waals surface area (Å²) in [5.74, 6) is -2.87. The summed E-state index contributed by atoms with van der Waals surface area (Å²) < 4.78 is 5.23. The second kappa shape index (κ2) is 7.73. The quantitative estimate of drug-likeness (QED) is 0.336. The van der Waals surface area contributed by atoms with E-state index in [-0.39, 0.29) is 51.8 Å². The molecular weight excluding hydrogens is 472 g/mol. The molecule has 1 aromatic rings. The van der Waals surface area contributed by atoms with E-state index in [1.807, 2.05) is 6.92 Å². The zero-order chi connectivity index (χ0) is 27.3. The fourth-order valence-corrected chi connectivity index (χ4v) is 9.58. The Kier molecular flexibility index (Phi) is 5.44. The van der Waals surface area contributed by atoms with Crippen molar-refractivity contribution in [1.29, 1.82) is 0 Å². The number of hydrogen-bond acceptors (Lipinski definition) is 6. The standard InChI is InChI=1S/C30H40O7/c1-26-7-8-27(2,25(36)37-6)15-20(26)30(5)12-10-28(3)16-13-18(32)23(33)22(24(34)35)21(16)17(31)14-19(28)29(30,4)11-9-26/h13,19-20,32-33H,7-12,14-15H2,1-6H3,(H,34,35)/t19-,20-,26-,27-,28+,29-,30+/m1/s1. The van der Waals surface area contributed by atoms with Crippen molar-refractivity contribution in [3.05, 3.63) is 22.8 Å². The number of carboxylic acids is 1. The van der Waals surface area contributed by atoms with Gasteiger partial charge < -0.3 is 20.1 Å². The first-order valence-electron chi connectivity index (χ1n) is 13.5. The molecule has 0 spiro atoms. The van der Waals surface area contributed by atoms with E-state index >= 15 is 0 Å². The van der Waals surface area contributed by atoms with E-state index in [0.29, 0.717) is 5.56 Å². The summed E-state index contributed by atoms with van der Waals surface area (Å²) in [6, 6.07) is 1.43. The smallest absolute Gasteiger partial charge is 0.340 e. The summed E-state index contributed by atoms with van der Waals surface area (Å²) in [4.78, 5) is 38.6. The molecule has 7 nitrogen and oxygen atoms in total. The summed E-state index contributed by atoms with van der Waals surface area (Å²) in [6.07, 6.45) is 6.30. The lowest BCUT2D eigenvalue weighted by molar-refractivity contribution is -0.212. The maximum absolute atomic E-state index is 13.7. The molecule has 202 valence electrons. The van der Waals surface area contributed by atoms with Crippen LogP contribution in [0.3, 0.4) is 0 Å². The number of Topliss-reactive ketones (excluding diaryl/α,β-unsaturated/α-hetero) is 1. The lowest BCUT2D eigenvalue weighted by Crippen LogP contribution is -2.66. The fourth-order valence-electron chi connectivity index (χ4n) is 9.58. The molecule has 7 atom stereocenters. The van der Waals surface area contributed by atoms with Crippen molar-refractivity contribution in [3.63, 3.8) is 0 Å². The van der Waals surface area contributed by atoms with Crippen LogP contribution in [0, 0.1) is 33.5 Å². The summed E-state index contributed by atoms with van der Waals surface area (Å²) in [7, 11) is 1.46. The molecule has 0 unspecified atom stereocenters. The van der Waals surface area contributed by atoms with Gasteiger partial charge in [0.25, 0.3) is 0 Å². The molecule has 37 heavy (non-hydrogen) atoms. The molecule has 5 rings (SSSR count). The van der Waals surface area contributed by atoms with Gasteiger partial charge in [0.05, 0.1) is 12.5 Å². The van der Waals surface area contributed by atoms with Crippen LogP contribution in [0.15, 0.2) is 6.07 Å². The van der Waals surface area contributed by atoms with Crippen LogP contribution >= 0.6 is 0 Å². The van der Waals surface area contributed by atoms with E-state index < -0.39 is 33.9 Å². The van der Waals surface area contributed by atoms with E-state index in [0.717, 1.165) is 44.9 Å². The second-order valence-corrected chi connectivity index (χ2v) is 13.7. The van der Waals surface area contributed by atoms with Gasteiger partial charge in [0, 0.05) is 12.0 Å². The minimum absolute atomic E-state index is 0.0466. The van der Waals surface area contributed by atoms with Crippen LogP contribution < -0.4 is 0 Å². The molecule has 4 aliphatic rings. The van der Waals surface area contributed by atoms with E-state index in [2.05, 4.69) is 27.7 Å². The number of benzene rings is 1. The highest BCUT2D eigenvalue weighted by Crippen LogP contribution is 2.75. The van der Waals surface area contributed by atoms with Crippen LogP contribution in [0.2, 0.25) is 0 Å². The van der Waals surface area contributed by atoms with Crippen molar-refractivity contribution >= 4 is 17.7 Å². The summed E-state index contributed by atoms with van der Waals surface area (Å²) in [5, 5.41) is 30.7. The monoisotopic (exact) mass is 512 g/mol. The number of carbonyl (C=O) groups excluding carboxylic acids is 2. The van der Waals surface area contributed by atoms with Gasteiger partial charge in [-0.3, -0.25) is 9.59 Å². The molecule has 0 aromatic heterocycles. The summed E-state index contributed by atoms with van der Waals surface area (Å²) in [6.45, 7) is 11.2. The highest BCUT2D eigenvalue weighted by Gasteiger charge is 2.69. The van der Waals surface area contributed by atoms with Crippen molar-refractivity contribution in [2.24, 2.45) is 33.5 Å². The van der Waals surface area contributed by atoms with Gasteiger partial charge in [-0.15, -0.1) is 0 Å². The molecule has 3 N–H and O–H groups in total. The number of carbonyl (C=O) groups is 3. The van der Waals surface area contributed by atoms with Gasteiger partial charge >= 0.3 is 11.9 Å². The lowest BCUT2D eigenvalue weighted by atomic mass is 9.32. The number of ether oxygens (including phenoxy) is 1. The Hall–Kier alpha value is -2.57. The van der Waals surface area contributed by atoms with Gasteiger partial charge in [-0.25, -0.2) is 4.79 Å². The van der Waals surface area contributed by atoms with Crippen molar-refractivity contribution in [2.75, 3.05) is 7.11 Å². The topological polar surface area (TPSA) is 121 Å². The van der Waals surface area contributed by atoms with Crippen LogP contribution in [-0.4, -0.2) is 40.2 Å². The van der Waals surface area contributed by atoms with Gasteiger partial charge in [-0.05, 0) is 97.0 Å². The minimum Gasteiger partial charge on any atom is -0.504 e. The third kappa shape index (κ3) is 3.15. The Morgan fingerprint density at radius 1 is 0.919 bits per heavy atom. The number of hydrogen-bond donors (Lipinski definition) is 3. The Labute approximate surface area is 218 Å². The Morgan fingerprint density at radius 3 is 2.14 bits per heavy atom. The number of aromatic hydroxyl groups is 2. The van der Waals surface area contributed by atoms with Gasteiger partial charge in [-0.2, -0.15) is 0 Å². The number of ketones is 1. The number of methoxy groups -OCH3 is 1. The largest absolute Gasteiger partial charge is 0.504 e. The second-order valence-electron chi connectivity index (χ2n) is 13.7. The van der Waals surface area contributed by atoms with Gasteiger partial charge in [0.2, 0.25) is 0 Å². The number of phenolic OH excluding ortho intramolecular Hbond substituents is 1. The van der Waals surface area contributed by atoms with E-state index in [1.54, 1.807) is 0 Å². The normalized spacial score (nSPS) is 42.6. The number of rotatable bonds is 2. The number of fused-ring (bicyclic) bond motifs is 7. The Morgan fingerprint density at radius 2 is 1.51 bits per heavy atom. The SMILES string of the molecule is COC(=O)[C@]1(C)CC[C@]2(C)CC[C@]3(C)[C@@H]4CC(=O)c5c(cc(O)c(O)c5C(=O)O)[C@]4(C)CC[C@@]3(C)[C@@H]2C1. The van der Waals surface area contributed by atoms with Crippen LogP contribution in [0.25, 0.3) is 0 Å². The van der Waals surface area contributed by atoms with Crippen LogP contribution in [-0.2, 0) is 14.9 Å². The molecule has 3 fully saturated rings. The summed E-state index contributed by atoms with van der Waals surface area (Å²) >= 11 is 0. The third-order valence-electron chi connectivity index (χ3n) is 12.2. The average Bonchev–Trinajstić information content (AvgIpc) is 2.84. The maximum Gasteiger partial charge on any atom is 0.340 e. The predicted molar refractivity (Wildman–Crippen MR) is 137 cm³/mol. The van der Waals surface area contributed by atoms with Crippen molar-refractivity contribution in [3.8, 4) is 11.5 Å². The molecule has 0 saturated heterocycles. The highest BCUT2D eigenvalue weighted by molar-refractivity contribution is 6.10. The Bertz CT molecular complexity index is 1220. The molecule has 1 aromatic carbocycles. The molecule has 0 radical (unpaired) electrons. The van der Waals surface area contributed by atoms with E-state index in [1.165, 1.54) is 13.2 Å². The molecule has 0 heterocycles. The molecular formula is C30H40O7. The molecule has 7 heteroatoms. The predicted octanol–water partition coefficient (Wildman–Crippen LogP) is 5.84. The first-order chi connectivity index (χ1) is 17.1. The molecule has 3 saturated carbocycles. The fraction of sp³-hybridized carbons (Fsp3) is 0.700. The number of aromatic carboxylic acids is 1. The molecule has 0 amide bonds. The molecule has 4 aliphatic carbocycles. The van der Waals surface area contributed by atoms with Crippen LogP contribution in [0.5, 0.6) is 11.5 Å². The zero-order valence-corrected chi connectivity index (χ0v) is 22.9. The van der Waals surface area contributed by atoms with E-state index in [4.69, 9.17) is 4.74 Å². The first-order valence-corrected chi connectivity index (χ1v) is 13.5. The van der Waals surface area contributed by atoms with Gasteiger partial charge in [0.1, 0.15) is 5.56 Å². The first kappa shape index (κ1) is 26.1. The molecule has 0 bridgehead atoms. The minimum atomic E-state index is -1.41. The average molecular weight is 513 g/mol. The zero-order valence-electron chi connectivity index (χ0n) is 22.9. The highest BCUT2D eigenvalue weighted by atomic mass is 16.5. The third-order valence-corrected chi connectivity index (χ3v) is 12.2.